The van der Waals surface area contributed by atoms with E-state index in [1.807, 2.05) is 31.2 Å². The summed E-state index contributed by atoms with van der Waals surface area (Å²) in [6.07, 6.45) is 0. The lowest BCUT2D eigenvalue weighted by Crippen LogP contribution is -2.12. The van der Waals surface area contributed by atoms with Crippen LogP contribution in [0.4, 0.5) is 5.69 Å². The molecule has 7 nitrogen and oxygen atoms in total. The highest BCUT2D eigenvalue weighted by atomic mass is 32.1. The van der Waals surface area contributed by atoms with Gasteiger partial charge in [0.1, 0.15) is 4.88 Å². The van der Waals surface area contributed by atoms with E-state index in [9.17, 15) is 4.79 Å². The maximum absolute atomic E-state index is 11.8. The van der Waals surface area contributed by atoms with Crippen LogP contribution < -0.4 is 5.32 Å². The summed E-state index contributed by atoms with van der Waals surface area (Å²) in [5.74, 6) is 0.476. The van der Waals surface area contributed by atoms with Crippen LogP contribution in [0.25, 0.3) is 10.1 Å². The first-order valence-corrected chi connectivity index (χ1v) is 8.09. The van der Waals surface area contributed by atoms with Crippen molar-refractivity contribution in [2.24, 2.45) is 7.05 Å². The van der Waals surface area contributed by atoms with Crippen LogP contribution in [0.2, 0.25) is 0 Å². The molecule has 0 fully saturated rings. The Labute approximate surface area is 137 Å². The maximum Gasteiger partial charge on any atom is 0.348 e. The second-order valence-corrected chi connectivity index (χ2v) is 6.19. The van der Waals surface area contributed by atoms with Crippen molar-refractivity contribution < 1.29 is 9.53 Å². The van der Waals surface area contributed by atoms with Crippen molar-refractivity contribution in [2.75, 3.05) is 11.9 Å². The van der Waals surface area contributed by atoms with Crippen molar-refractivity contribution in [3.63, 3.8) is 0 Å². The van der Waals surface area contributed by atoms with E-state index in [1.165, 1.54) is 11.3 Å². The molecule has 3 rings (SSSR count). The number of anilines is 1. The standard InChI is InChI=1S/C15H17N5O2S/c1-4-22-15(21)13-8-10-7-11(5-6-12(10)23-13)16-9(2)14-17-18-19-20(14)3/h5-9,16H,4H2,1-3H3. The van der Waals surface area contributed by atoms with Gasteiger partial charge < -0.3 is 10.1 Å². The number of aryl methyl sites for hydroxylation is 1. The Morgan fingerprint density at radius 2 is 2.26 bits per heavy atom. The van der Waals surface area contributed by atoms with Gasteiger partial charge in [-0.2, -0.15) is 0 Å². The fraction of sp³-hybridized carbons (Fsp3) is 0.333. The number of nitrogens with one attached hydrogen (secondary N) is 1. The lowest BCUT2D eigenvalue weighted by molar-refractivity contribution is 0.0532. The molecule has 3 aromatic rings. The Kier molecular flexibility index (Phi) is 4.24. The summed E-state index contributed by atoms with van der Waals surface area (Å²) in [5.41, 5.74) is 0.946. The molecule has 0 radical (unpaired) electrons. The van der Waals surface area contributed by atoms with Gasteiger partial charge in [0.15, 0.2) is 5.82 Å². The van der Waals surface area contributed by atoms with Gasteiger partial charge in [-0.15, -0.1) is 16.4 Å². The van der Waals surface area contributed by atoms with Gasteiger partial charge in [0.2, 0.25) is 0 Å². The summed E-state index contributed by atoms with van der Waals surface area (Å²) in [6.45, 7) is 4.17. The van der Waals surface area contributed by atoms with Crippen molar-refractivity contribution in [1.82, 2.24) is 20.2 Å². The van der Waals surface area contributed by atoms with Crippen molar-refractivity contribution in [3.8, 4) is 0 Å². The van der Waals surface area contributed by atoms with E-state index in [4.69, 9.17) is 4.74 Å². The number of tetrazole rings is 1. The number of thiophene rings is 1. The first kappa shape index (κ1) is 15.4. The van der Waals surface area contributed by atoms with Crippen LogP contribution >= 0.6 is 11.3 Å². The molecular formula is C15H17N5O2S. The molecule has 23 heavy (non-hydrogen) atoms. The first-order chi connectivity index (χ1) is 11.1. The number of nitrogens with zero attached hydrogens (tertiary/aromatic N) is 4. The summed E-state index contributed by atoms with van der Waals surface area (Å²) in [7, 11) is 1.81. The average Bonchev–Trinajstić information content (AvgIpc) is 3.13. The number of hydrogen-bond donors (Lipinski definition) is 1. The van der Waals surface area contributed by atoms with Crippen LogP contribution in [0.5, 0.6) is 0 Å². The Balaban J connectivity index is 1.82. The largest absolute Gasteiger partial charge is 0.462 e. The molecule has 0 aliphatic heterocycles. The van der Waals surface area contributed by atoms with Crippen molar-refractivity contribution >= 4 is 33.1 Å². The molecule has 0 bridgehead atoms. The number of esters is 1. The Morgan fingerprint density at radius 3 is 2.96 bits per heavy atom. The minimum atomic E-state index is -0.276. The number of benzene rings is 1. The van der Waals surface area contributed by atoms with Crippen molar-refractivity contribution in [2.45, 2.75) is 19.9 Å². The number of carbonyl (C=O) groups is 1. The lowest BCUT2D eigenvalue weighted by Gasteiger charge is -2.13. The van der Waals surface area contributed by atoms with Crippen molar-refractivity contribution in [3.05, 3.63) is 35.0 Å². The van der Waals surface area contributed by atoms with E-state index in [1.54, 1.807) is 18.7 Å². The lowest BCUT2D eigenvalue weighted by atomic mass is 10.2. The van der Waals surface area contributed by atoms with E-state index < -0.39 is 0 Å². The molecule has 2 aromatic heterocycles. The average molecular weight is 331 g/mol. The summed E-state index contributed by atoms with van der Waals surface area (Å²) < 4.78 is 7.73. The molecular weight excluding hydrogens is 314 g/mol. The zero-order valence-corrected chi connectivity index (χ0v) is 13.9. The highest BCUT2D eigenvalue weighted by molar-refractivity contribution is 7.20. The summed E-state index contributed by atoms with van der Waals surface area (Å²) in [6, 6.07) is 7.81. The third-order valence-electron chi connectivity index (χ3n) is 3.42. The number of carbonyl (C=O) groups excluding carboxylic acids is 1. The van der Waals surface area contributed by atoms with Gasteiger partial charge in [-0.05, 0) is 53.9 Å². The maximum atomic E-state index is 11.8. The highest BCUT2D eigenvalue weighted by Gasteiger charge is 2.14. The number of ether oxygens (including phenoxy) is 1. The number of aromatic nitrogens is 4. The fourth-order valence-electron chi connectivity index (χ4n) is 2.35. The topological polar surface area (TPSA) is 81.9 Å². The summed E-state index contributed by atoms with van der Waals surface area (Å²) >= 11 is 1.43. The van der Waals surface area contributed by atoms with Gasteiger partial charge in [0, 0.05) is 17.4 Å². The molecule has 120 valence electrons. The predicted molar refractivity (Wildman–Crippen MR) is 88.6 cm³/mol. The van der Waals surface area contributed by atoms with E-state index >= 15 is 0 Å². The minimum Gasteiger partial charge on any atom is -0.462 e. The Hall–Kier alpha value is -2.48. The monoisotopic (exact) mass is 331 g/mol. The normalized spacial score (nSPS) is 12.3. The quantitative estimate of drug-likeness (QED) is 0.724. The van der Waals surface area contributed by atoms with Gasteiger partial charge in [-0.25, -0.2) is 9.48 Å². The van der Waals surface area contributed by atoms with E-state index in [0.717, 1.165) is 21.6 Å². The van der Waals surface area contributed by atoms with E-state index in [-0.39, 0.29) is 12.0 Å². The van der Waals surface area contributed by atoms with Gasteiger partial charge >= 0.3 is 5.97 Å². The van der Waals surface area contributed by atoms with Crippen LogP contribution in [0.3, 0.4) is 0 Å². The molecule has 0 aliphatic carbocycles. The zero-order chi connectivity index (χ0) is 16.4. The fourth-order valence-corrected chi connectivity index (χ4v) is 3.29. The molecule has 0 amide bonds. The van der Waals surface area contributed by atoms with E-state index in [2.05, 4.69) is 20.8 Å². The predicted octanol–water partition coefficient (Wildman–Crippen LogP) is 2.77. The number of fused-ring (bicyclic) bond motifs is 1. The van der Waals surface area contributed by atoms with Gasteiger partial charge in [0.25, 0.3) is 0 Å². The third-order valence-corrected chi connectivity index (χ3v) is 4.51. The second-order valence-electron chi connectivity index (χ2n) is 5.11. The molecule has 2 heterocycles. The van der Waals surface area contributed by atoms with Crippen LogP contribution in [0.15, 0.2) is 24.3 Å². The molecule has 1 unspecified atom stereocenters. The minimum absolute atomic E-state index is 0.0318. The highest BCUT2D eigenvalue weighted by Crippen LogP contribution is 2.29. The van der Waals surface area contributed by atoms with Gasteiger partial charge in [0.05, 0.1) is 12.6 Å². The molecule has 1 aromatic carbocycles. The first-order valence-electron chi connectivity index (χ1n) is 7.28. The summed E-state index contributed by atoms with van der Waals surface area (Å²) in [5, 5.41) is 15.9. The number of hydrogen-bond acceptors (Lipinski definition) is 7. The molecule has 0 spiro atoms. The number of rotatable bonds is 5. The van der Waals surface area contributed by atoms with Crippen LogP contribution in [0.1, 0.15) is 35.4 Å². The van der Waals surface area contributed by atoms with E-state index in [0.29, 0.717) is 11.5 Å². The van der Waals surface area contributed by atoms with Gasteiger partial charge in [-0.1, -0.05) is 0 Å². The Bertz CT molecular complexity index is 841. The van der Waals surface area contributed by atoms with Gasteiger partial charge in [-0.3, -0.25) is 0 Å². The molecule has 1 atom stereocenters. The summed E-state index contributed by atoms with van der Waals surface area (Å²) in [4.78, 5) is 12.4. The molecule has 1 N–H and O–H groups in total. The second kappa shape index (κ2) is 6.33. The van der Waals surface area contributed by atoms with Crippen LogP contribution in [-0.2, 0) is 11.8 Å². The van der Waals surface area contributed by atoms with Crippen LogP contribution in [-0.4, -0.2) is 32.8 Å². The zero-order valence-electron chi connectivity index (χ0n) is 13.1. The molecule has 0 saturated heterocycles. The Morgan fingerprint density at radius 1 is 1.43 bits per heavy atom. The van der Waals surface area contributed by atoms with Crippen molar-refractivity contribution in [1.29, 1.82) is 0 Å². The third kappa shape index (κ3) is 3.16. The van der Waals surface area contributed by atoms with Crippen LogP contribution in [0, 0.1) is 0 Å². The molecule has 0 saturated carbocycles. The SMILES string of the molecule is CCOC(=O)c1cc2cc(NC(C)c3nnnn3C)ccc2s1. The molecule has 8 heteroatoms. The molecule has 0 aliphatic rings. The smallest absolute Gasteiger partial charge is 0.348 e.